The molecule has 2 aromatic carbocycles. The summed E-state index contributed by atoms with van der Waals surface area (Å²) in [6.07, 6.45) is 0. The number of thioether (sulfide) groups is 1. The molecule has 0 saturated carbocycles. The van der Waals surface area contributed by atoms with E-state index in [9.17, 15) is 9.90 Å². The highest BCUT2D eigenvalue weighted by atomic mass is 32.2. The van der Waals surface area contributed by atoms with Crippen molar-refractivity contribution < 1.29 is 9.90 Å². The fourth-order valence-corrected chi connectivity index (χ4v) is 3.68. The summed E-state index contributed by atoms with van der Waals surface area (Å²) in [6, 6.07) is 19.1. The van der Waals surface area contributed by atoms with Gasteiger partial charge in [0.05, 0.1) is 11.3 Å². The van der Waals surface area contributed by atoms with Crippen LogP contribution in [0.5, 0.6) is 0 Å². The van der Waals surface area contributed by atoms with Gasteiger partial charge in [-0.15, -0.1) is 0 Å². The summed E-state index contributed by atoms with van der Waals surface area (Å²) >= 11 is 1.51. The summed E-state index contributed by atoms with van der Waals surface area (Å²) in [5, 5.41) is 9.86. The molecule has 28 heavy (non-hydrogen) atoms. The minimum atomic E-state index is -0.919. The van der Waals surface area contributed by atoms with E-state index in [0.29, 0.717) is 16.5 Å². The Morgan fingerprint density at radius 1 is 1.00 bits per heavy atom. The maximum absolute atomic E-state index is 11.2. The fourth-order valence-electron chi connectivity index (χ4n) is 2.89. The lowest BCUT2D eigenvalue weighted by molar-refractivity contribution is 0.0697. The van der Waals surface area contributed by atoms with Gasteiger partial charge < -0.3 is 10.0 Å². The van der Waals surface area contributed by atoms with Crippen molar-refractivity contribution in [3.8, 4) is 11.3 Å². The van der Waals surface area contributed by atoms with Gasteiger partial charge >= 0.3 is 5.97 Å². The molecule has 0 aliphatic rings. The van der Waals surface area contributed by atoms with E-state index < -0.39 is 5.97 Å². The van der Waals surface area contributed by atoms with E-state index in [0.717, 1.165) is 35.7 Å². The first-order valence-electron chi connectivity index (χ1n) is 9.25. The second-order valence-corrected chi connectivity index (χ2v) is 7.17. The standard InChI is InChI=1S/C22H23N3O2S/c1-3-25(4-2)20-14-19(17-10-6-5-7-11-17)23-22(24-20)28-15-16-9-8-12-18(13-16)21(26)27/h5-14H,3-4,15H2,1-2H3,(H,26,27). The quantitative estimate of drug-likeness (QED) is 0.430. The summed E-state index contributed by atoms with van der Waals surface area (Å²) < 4.78 is 0. The van der Waals surface area contributed by atoms with E-state index in [-0.39, 0.29) is 0 Å². The van der Waals surface area contributed by atoms with E-state index >= 15 is 0 Å². The summed E-state index contributed by atoms with van der Waals surface area (Å²) in [5.74, 6) is 0.593. The SMILES string of the molecule is CCN(CC)c1cc(-c2ccccc2)nc(SCc2cccc(C(=O)O)c2)n1. The Balaban J connectivity index is 1.90. The van der Waals surface area contributed by atoms with Gasteiger partial charge in [-0.25, -0.2) is 14.8 Å². The lowest BCUT2D eigenvalue weighted by Crippen LogP contribution is -2.23. The molecule has 0 fully saturated rings. The lowest BCUT2D eigenvalue weighted by Gasteiger charge is -2.21. The highest BCUT2D eigenvalue weighted by Crippen LogP contribution is 2.27. The molecule has 0 atom stereocenters. The van der Waals surface area contributed by atoms with Crippen LogP contribution in [0.25, 0.3) is 11.3 Å². The molecule has 1 N–H and O–H groups in total. The molecule has 3 rings (SSSR count). The smallest absolute Gasteiger partial charge is 0.335 e. The van der Waals surface area contributed by atoms with Crippen molar-refractivity contribution in [3.05, 3.63) is 71.8 Å². The van der Waals surface area contributed by atoms with Gasteiger partial charge in [0.1, 0.15) is 5.82 Å². The predicted octanol–water partition coefficient (Wildman–Crippen LogP) is 4.98. The highest BCUT2D eigenvalue weighted by Gasteiger charge is 2.12. The van der Waals surface area contributed by atoms with Crippen LogP contribution in [-0.2, 0) is 5.75 Å². The van der Waals surface area contributed by atoms with Gasteiger partial charge in [0.15, 0.2) is 5.16 Å². The molecule has 6 heteroatoms. The average molecular weight is 394 g/mol. The zero-order valence-electron chi connectivity index (χ0n) is 16.0. The number of rotatable bonds is 8. The van der Waals surface area contributed by atoms with Crippen LogP contribution in [0.1, 0.15) is 29.8 Å². The molecular formula is C22H23N3O2S. The summed E-state index contributed by atoms with van der Waals surface area (Å²) in [7, 11) is 0. The number of aromatic nitrogens is 2. The minimum absolute atomic E-state index is 0.292. The number of carbonyl (C=O) groups is 1. The number of hydrogen-bond acceptors (Lipinski definition) is 5. The molecule has 0 aliphatic heterocycles. The Hall–Kier alpha value is -2.86. The van der Waals surface area contributed by atoms with Crippen LogP contribution in [0.2, 0.25) is 0 Å². The van der Waals surface area contributed by atoms with Crippen LogP contribution in [0.15, 0.2) is 65.8 Å². The summed E-state index contributed by atoms with van der Waals surface area (Å²) in [6.45, 7) is 5.95. The summed E-state index contributed by atoms with van der Waals surface area (Å²) in [5.41, 5.74) is 3.16. The molecule has 1 aromatic heterocycles. The zero-order chi connectivity index (χ0) is 19.9. The number of anilines is 1. The summed E-state index contributed by atoms with van der Waals surface area (Å²) in [4.78, 5) is 22.8. The van der Waals surface area contributed by atoms with E-state index in [1.165, 1.54) is 11.8 Å². The Bertz CT molecular complexity index is 944. The first kappa shape index (κ1) is 19.9. The van der Waals surface area contributed by atoms with Crippen molar-refractivity contribution in [2.24, 2.45) is 0 Å². The van der Waals surface area contributed by atoms with Crippen LogP contribution in [0.3, 0.4) is 0 Å². The molecule has 0 amide bonds. The second kappa shape index (κ2) is 9.37. The molecule has 0 bridgehead atoms. The number of benzene rings is 2. The maximum Gasteiger partial charge on any atom is 0.335 e. The van der Waals surface area contributed by atoms with Crippen LogP contribution in [0, 0.1) is 0 Å². The van der Waals surface area contributed by atoms with Crippen LogP contribution in [0.4, 0.5) is 5.82 Å². The largest absolute Gasteiger partial charge is 0.478 e. The van der Waals surface area contributed by atoms with Gasteiger partial charge in [-0.05, 0) is 31.5 Å². The van der Waals surface area contributed by atoms with Crippen LogP contribution >= 0.6 is 11.8 Å². The van der Waals surface area contributed by atoms with Crippen molar-refractivity contribution in [2.45, 2.75) is 24.8 Å². The number of carboxylic acids is 1. The first-order valence-corrected chi connectivity index (χ1v) is 10.2. The number of aromatic carboxylic acids is 1. The lowest BCUT2D eigenvalue weighted by atomic mass is 10.1. The molecule has 0 aliphatic carbocycles. The number of nitrogens with zero attached hydrogens (tertiary/aromatic N) is 3. The monoisotopic (exact) mass is 393 g/mol. The van der Waals surface area contributed by atoms with Crippen molar-refractivity contribution >= 4 is 23.5 Å². The third-order valence-corrected chi connectivity index (χ3v) is 5.31. The predicted molar refractivity (Wildman–Crippen MR) is 114 cm³/mol. The van der Waals surface area contributed by atoms with Gasteiger partial charge in [0.25, 0.3) is 0 Å². The van der Waals surface area contributed by atoms with Crippen molar-refractivity contribution in [1.82, 2.24) is 9.97 Å². The molecule has 0 radical (unpaired) electrons. The Labute approximate surface area is 169 Å². The molecule has 5 nitrogen and oxygen atoms in total. The maximum atomic E-state index is 11.2. The molecular weight excluding hydrogens is 370 g/mol. The van der Waals surface area contributed by atoms with Gasteiger partial charge in [0.2, 0.25) is 0 Å². The molecule has 3 aromatic rings. The van der Waals surface area contributed by atoms with Gasteiger partial charge in [-0.1, -0.05) is 54.2 Å². The van der Waals surface area contributed by atoms with E-state index in [1.54, 1.807) is 18.2 Å². The first-order chi connectivity index (χ1) is 13.6. The highest BCUT2D eigenvalue weighted by molar-refractivity contribution is 7.98. The average Bonchev–Trinajstić information content (AvgIpc) is 2.74. The van der Waals surface area contributed by atoms with E-state index in [1.807, 2.05) is 42.5 Å². The number of carboxylic acid groups (broad SMARTS) is 1. The van der Waals surface area contributed by atoms with Gasteiger partial charge in [0, 0.05) is 30.5 Å². The number of hydrogen-bond donors (Lipinski definition) is 1. The molecule has 0 spiro atoms. The molecule has 1 heterocycles. The molecule has 0 unspecified atom stereocenters. The third kappa shape index (κ3) is 4.89. The molecule has 144 valence electrons. The Morgan fingerprint density at radius 2 is 1.75 bits per heavy atom. The van der Waals surface area contributed by atoms with Gasteiger partial charge in [-0.2, -0.15) is 0 Å². The fraction of sp³-hybridized carbons (Fsp3) is 0.227. The van der Waals surface area contributed by atoms with Crippen molar-refractivity contribution in [2.75, 3.05) is 18.0 Å². The van der Waals surface area contributed by atoms with E-state index in [4.69, 9.17) is 9.97 Å². The van der Waals surface area contributed by atoms with E-state index in [2.05, 4.69) is 18.7 Å². The Kier molecular flexibility index (Phi) is 6.66. The minimum Gasteiger partial charge on any atom is -0.478 e. The third-order valence-electron chi connectivity index (χ3n) is 4.39. The Morgan fingerprint density at radius 3 is 2.43 bits per heavy atom. The second-order valence-electron chi connectivity index (χ2n) is 6.23. The van der Waals surface area contributed by atoms with Crippen LogP contribution in [-0.4, -0.2) is 34.1 Å². The van der Waals surface area contributed by atoms with Crippen molar-refractivity contribution in [3.63, 3.8) is 0 Å². The van der Waals surface area contributed by atoms with Crippen molar-refractivity contribution in [1.29, 1.82) is 0 Å². The van der Waals surface area contributed by atoms with Crippen LogP contribution < -0.4 is 4.90 Å². The zero-order valence-corrected chi connectivity index (χ0v) is 16.8. The van der Waals surface area contributed by atoms with Gasteiger partial charge in [-0.3, -0.25) is 0 Å². The molecule has 0 saturated heterocycles. The topological polar surface area (TPSA) is 66.3 Å². The normalized spacial score (nSPS) is 10.6.